The second-order valence-corrected chi connectivity index (χ2v) is 3.33. The Morgan fingerprint density at radius 3 is 2.93 bits per heavy atom. The number of aromatic nitrogens is 2. The zero-order valence-corrected chi connectivity index (χ0v) is 8.23. The van der Waals surface area contributed by atoms with Gasteiger partial charge in [-0.2, -0.15) is 0 Å². The quantitative estimate of drug-likeness (QED) is 0.591. The Bertz CT molecular complexity index is 601. The van der Waals surface area contributed by atoms with Gasteiger partial charge in [-0.15, -0.1) is 0 Å². The van der Waals surface area contributed by atoms with Crippen LogP contribution in [0.5, 0.6) is 0 Å². The number of halogens is 1. The lowest BCUT2D eigenvalue weighted by molar-refractivity contribution is 0.575. The van der Waals surface area contributed by atoms with Gasteiger partial charge in [0.2, 0.25) is 5.71 Å². The van der Waals surface area contributed by atoms with Crippen LogP contribution in [0.25, 0.3) is 22.4 Å². The number of nitrogens with zero attached hydrogens (tertiary/aromatic N) is 2. The van der Waals surface area contributed by atoms with Crippen LogP contribution in [0.2, 0.25) is 5.15 Å². The number of furan rings is 2. The fourth-order valence-corrected chi connectivity index (χ4v) is 1.68. The summed E-state index contributed by atoms with van der Waals surface area (Å²) in [6.45, 7) is 0. The van der Waals surface area contributed by atoms with Gasteiger partial charge in [-0.1, -0.05) is 11.6 Å². The lowest BCUT2D eigenvalue weighted by Crippen LogP contribution is -1.80. The predicted octanol–water partition coefficient (Wildman–Crippen LogP) is 3.14. The molecule has 0 aliphatic heterocycles. The fraction of sp³-hybridized carbons (Fsp3) is 0. The third-order valence-electron chi connectivity index (χ3n) is 2.11. The van der Waals surface area contributed by atoms with Crippen molar-refractivity contribution in [1.82, 2.24) is 9.97 Å². The minimum absolute atomic E-state index is 0.361. The van der Waals surface area contributed by atoms with Gasteiger partial charge >= 0.3 is 0 Å². The molecule has 5 heteroatoms. The number of rotatable bonds is 1. The highest BCUT2D eigenvalue weighted by Gasteiger charge is 2.14. The Morgan fingerprint density at radius 1 is 1.20 bits per heavy atom. The first-order valence-corrected chi connectivity index (χ1v) is 4.65. The van der Waals surface area contributed by atoms with Crippen molar-refractivity contribution in [3.8, 4) is 11.3 Å². The van der Waals surface area contributed by atoms with E-state index in [4.69, 9.17) is 20.4 Å². The smallest absolute Gasteiger partial charge is 0.231 e. The fourth-order valence-electron chi connectivity index (χ4n) is 1.45. The SMILES string of the molecule is Clc1ncnc2occ(-c3ccco3)c12. The summed E-state index contributed by atoms with van der Waals surface area (Å²) in [5.74, 6) is 0.686. The molecule has 0 saturated carbocycles. The molecule has 0 fully saturated rings. The minimum Gasteiger partial charge on any atom is -0.464 e. The van der Waals surface area contributed by atoms with Crippen LogP contribution in [-0.2, 0) is 0 Å². The van der Waals surface area contributed by atoms with Crippen molar-refractivity contribution in [2.45, 2.75) is 0 Å². The molecule has 3 aromatic rings. The maximum Gasteiger partial charge on any atom is 0.231 e. The van der Waals surface area contributed by atoms with Gasteiger partial charge in [-0.25, -0.2) is 9.97 Å². The van der Waals surface area contributed by atoms with E-state index in [9.17, 15) is 0 Å². The zero-order valence-electron chi connectivity index (χ0n) is 7.48. The van der Waals surface area contributed by atoms with Gasteiger partial charge in [-0.05, 0) is 12.1 Å². The first-order chi connectivity index (χ1) is 7.36. The molecule has 3 heterocycles. The van der Waals surface area contributed by atoms with Gasteiger partial charge in [0.1, 0.15) is 23.5 Å². The van der Waals surface area contributed by atoms with Crippen molar-refractivity contribution < 1.29 is 8.83 Å². The molecule has 0 aliphatic rings. The second-order valence-electron chi connectivity index (χ2n) is 2.97. The molecule has 0 aliphatic carbocycles. The van der Waals surface area contributed by atoms with E-state index in [0.717, 1.165) is 5.56 Å². The van der Waals surface area contributed by atoms with Crippen molar-refractivity contribution in [2.24, 2.45) is 0 Å². The van der Waals surface area contributed by atoms with Crippen molar-refractivity contribution in [1.29, 1.82) is 0 Å². The van der Waals surface area contributed by atoms with Crippen LogP contribution in [0.15, 0.2) is 39.8 Å². The van der Waals surface area contributed by atoms with Gasteiger partial charge in [0.15, 0.2) is 0 Å². The van der Waals surface area contributed by atoms with Gasteiger partial charge in [-0.3, -0.25) is 0 Å². The highest BCUT2D eigenvalue weighted by atomic mass is 35.5. The zero-order chi connectivity index (χ0) is 10.3. The molecule has 74 valence electrons. The highest BCUT2D eigenvalue weighted by Crippen LogP contribution is 2.33. The van der Waals surface area contributed by atoms with Gasteiger partial charge in [0, 0.05) is 0 Å². The van der Waals surface area contributed by atoms with Crippen LogP contribution in [0.1, 0.15) is 0 Å². The van der Waals surface area contributed by atoms with Gasteiger partial charge in [0.25, 0.3) is 0 Å². The summed E-state index contributed by atoms with van der Waals surface area (Å²) in [5, 5.41) is 1.04. The lowest BCUT2D eigenvalue weighted by atomic mass is 10.2. The van der Waals surface area contributed by atoms with E-state index >= 15 is 0 Å². The molecule has 0 amide bonds. The molecular weight excluding hydrogens is 216 g/mol. The first-order valence-electron chi connectivity index (χ1n) is 4.28. The summed E-state index contributed by atoms with van der Waals surface area (Å²) in [6, 6.07) is 3.62. The Morgan fingerprint density at radius 2 is 2.13 bits per heavy atom. The van der Waals surface area contributed by atoms with Crippen molar-refractivity contribution in [3.05, 3.63) is 36.1 Å². The standard InChI is InChI=1S/C10H5ClN2O2/c11-9-8-6(7-2-1-3-14-7)4-15-10(8)13-5-12-9/h1-5H. The lowest BCUT2D eigenvalue weighted by Gasteiger charge is -1.93. The Labute approximate surface area is 89.5 Å². The molecule has 0 aromatic carbocycles. The Hall–Kier alpha value is -1.81. The third-order valence-corrected chi connectivity index (χ3v) is 2.40. The van der Waals surface area contributed by atoms with Crippen LogP contribution in [-0.4, -0.2) is 9.97 Å². The summed E-state index contributed by atoms with van der Waals surface area (Å²) >= 11 is 5.97. The molecule has 15 heavy (non-hydrogen) atoms. The molecule has 0 N–H and O–H groups in total. The highest BCUT2D eigenvalue weighted by molar-refractivity contribution is 6.34. The summed E-state index contributed by atoms with van der Waals surface area (Å²) in [7, 11) is 0. The monoisotopic (exact) mass is 220 g/mol. The number of fused-ring (bicyclic) bond motifs is 1. The van der Waals surface area contributed by atoms with Crippen LogP contribution >= 0.6 is 11.6 Å². The molecule has 4 nitrogen and oxygen atoms in total. The maximum absolute atomic E-state index is 5.97. The predicted molar refractivity (Wildman–Crippen MR) is 54.5 cm³/mol. The summed E-state index contributed by atoms with van der Waals surface area (Å²) in [6.07, 6.45) is 4.51. The molecule has 3 aromatic heterocycles. The summed E-state index contributed by atoms with van der Waals surface area (Å²) < 4.78 is 10.5. The Balaban J connectivity index is 2.37. The van der Waals surface area contributed by atoms with Crippen molar-refractivity contribution >= 4 is 22.7 Å². The van der Waals surface area contributed by atoms with E-state index in [1.165, 1.54) is 6.33 Å². The van der Waals surface area contributed by atoms with E-state index in [0.29, 0.717) is 22.0 Å². The molecule has 0 unspecified atom stereocenters. The maximum atomic E-state index is 5.97. The second kappa shape index (κ2) is 3.10. The van der Waals surface area contributed by atoms with Crippen LogP contribution in [0.3, 0.4) is 0 Å². The van der Waals surface area contributed by atoms with E-state index in [2.05, 4.69) is 9.97 Å². The van der Waals surface area contributed by atoms with E-state index in [-0.39, 0.29) is 0 Å². The van der Waals surface area contributed by atoms with Crippen molar-refractivity contribution in [2.75, 3.05) is 0 Å². The third kappa shape index (κ3) is 1.22. The average Bonchev–Trinajstić information content (AvgIpc) is 2.85. The molecule has 0 saturated heterocycles. The molecule has 3 rings (SSSR count). The van der Waals surface area contributed by atoms with Crippen LogP contribution in [0, 0.1) is 0 Å². The molecule has 0 spiro atoms. The van der Waals surface area contributed by atoms with E-state index < -0.39 is 0 Å². The first kappa shape index (κ1) is 8.49. The van der Waals surface area contributed by atoms with Gasteiger partial charge in [0.05, 0.1) is 17.2 Å². The normalized spacial score (nSPS) is 11.0. The number of hydrogen-bond donors (Lipinski definition) is 0. The van der Waals surface area contributed by atoms with E-state index in [1.807, 2.05) is 6.07 Å². The minimum atomic E-state index is 0.361. The number of hydrogen-bond acceptors (Lipinski definition) is 4. The molecular formula is C10H5ClN2O2. The molecule has 0 atom stereocenters. The van der Waals surface area contributed by atoms with Crippen molar-refractivity contribution in [3.63, 3.8) is 0 Å². The molecule has 0 bridgehead atoms. The van der Waals surface area contributed by atoms with E-state index in [1.54, 1.807) is 18.6 Å². The molecule has 0 radical (unpaired) electrons. The average molecular weight is 221 g/mol. The summed E-state index contributed by atoms with van der Waals surface area (Å²) in [5.41, 5.74) is 1.22. The van der Waals surface area contributed by atoms with Gasteiger partial charge < -0.3 is 8.83 Å². The van der Waals surface area contributed by atoms with Crippen LogP contribution in [0.4, 0.5) is 0 Å². The summed E-state index contributed by atoms with van der Waals surface area (Å²) in [4.78, 5) is 7.87. The topological polar surface area (TPSA) is 52.1 Å². The Kier molecular flexibility index (Phi) is 1.76. The largest absolute Gasteiger partial charge is 0.464 e. The van der Waals surface area contributed by atoms with Crippen LogP contribution < -0.4 is 0 Å².